The highest BCUT2D eigenvalue weighted by molar-refractivity contribution is 5.45. The molecule has 38 heavy (non-hydrogen) atoms. The van der Waals surface area contributed by atoms with Crippen LogP contribution < -0.4 is 15.4 Å². The van der Waals surface area contributed by atoms with Crippen molar-refractivity contribution in [1.82, 2.24) is 15.5 Å². The molecule has 2 N–H and O–H groups in total. The first-order valence-electron chi connectivity index (χ1n) is 14.6. The van der Waals surface area contributed by atoms with Gasteiger partial charge in [0.2, 0.25) is 0 Å². The minimum absolute atomic E-state index is 0.456. The van der Waals surface area contributed by atoms with Gasteiger partial charge in [-0.25, -0.2) is 0 Å². The van der Waals surface area contributed by atoms with Crippen LogP contribution in [0.15, 0.2) is 78.9 Å². The molecule has 4 nitrogen and oxygen atoms in total. The Kier molecular flexibility index (Phi) is 9.16. The fraction of sp³-hybridized carbons (Fsp3) is 0.471. The second-order valence-corrected chi connectivity index (χ2v) is 11.4. The van der Waals surface area contributed by atoms with Crippen LogP contribution in [0.5, 0.6) is 5.75 Å². The van der Waals surface area contributed by atoms with Crippen LogP contribution in [0.25, 0.3) is 0 Å². The molecule has 0 unspecified atom stereocenters. The Morgan fingerprint density at radius 1 is 0.842 bits per heavy atom. The van der Waals surface area contributed by atoms with Crippen molar-refractivity contribution in [3.63, 3.8) is 0 Å². The van der Waals surface area contributed by atoms with Crippen LogP contribution in [0.1, 0.15) is 54.4 Å². The predicted molar refractivity (Wildman–Crippen MR) is 158 cm³/mol. The Balaban J connectivity index is 0.000000156. The second-order valence-electron chi connectivity index (χ2n) is 11.4. The number of fused-ring (bicyclic) bond motifs is 1. The van der Waals surface area contributed by atoms with E-state index in [1.807, 2.05) is 12.1 Å². The molecule has 1 heterocycles. The van der Waals surface area contributed by atoms with E-state index in [-0.39, 0.29) is 0 Å². The van der Waals surface area contributed by atoms with Crippen molar-refractivity contribution in [3.8, 4) is 5.75 Å². The van der Waals surface area contributed by atoms with Crippen molar-refractivity contribution in [2.45, 2.75) is 63.1 Å². The number of benzene rings is 3. The lowest BCUT2D eigenvalue weighted by molar-refractivity contribution is 0.00274. The SMILES string of the molecule is COc1ccc2c(c1)[C@@]13CCCC[C@@H]1[C@@H](C2)N(C)CC3.c1ccc(CNCCNCc2ccccc2)cc1. The first kappa shape index (κ1) is 26.9. The molecule has 3 aromatic rings. The molecule has 0 spiro atoms. The number of hydrogen-bond donors (Lipinski definition) is 2. The molecule has 202 valence electrons. The van der Waals surface area contributed by atoms with Gasteiger partial charge < -0.3 is 20.3 Å². The summed E-state index contributed by atoms with van der Waals surface area (Å²) in [5.41, 5.74) is 6.34. The highest BCUT2D eigenvalue weighted by Crippen LogP contribution is 2.55. The van der Waals surface area contributed by atoms with Crippen LogP contribution in [0, 0.1) is 5.92 Å². The minimum Gasteiger partial charge on any atom is -0.497 e. The van der Waals surface area contributed by atoms with Gasteiger partial charge in [0.15, 0.2) is 0 Å². The molecular formula is C34H45N3O. The Hall–Kier alpha value is -2.66. The highest BCUT2D eigenvalue weighted by atomic mass is 16.5. The van der Waals surface area contributed by atoms with Crippen LogP contribution in [-0.4, -0.2) is 44.7 Å². The van der Waals surface area contributed by atoms with Crippen molar-refractivity contribution in [2.75, 3.05) is 33.8 Å². The highest BCUT2D eigenvalue weighted by Gasteiger charge is 2.53. The maximum absolute atomic E-state index is 5.51. The zero-order valence-corrected chi connectivity index (χ0v) is 23.3. The first-order valence-corrected chi connectivity index (χ1v) is 14.6. The normalized spacial score (nSPS) is 23.9. The molecular weight excluding hydrogens is 466 g/mol. The summed E-state index contributed by atoms with van der Waals surface area (Å²) in [5, 5.41) is 6.85. The summed E-state index contributed by atoms with van der Waals surface area (Å²) in [6.45, 7) is 5.11. The summed E-state index contributed by atoms with van der Waals surface area (Å²) >= 11 is 0. The molecule has 4 heteroatoms. The summed E-state index contributed by atoms with van der Waals surface area (Å²) in [6.07, 6.45) is 8.22. The van der Waals surface area contributed by atoms with Crippen molar-refractivity contribution in [1.29, 1.82) is 0 Å². The van der Waals surface area contributed by atoms with Gasteiger partial charge in [-0.05, 0) is 79.6 Å². The van der Waals surface area contributed by atoms with Gasteiger partial charge in [0, 0.05) is 37.6 Å². The summed E-state index contributed by atoms with van der Waals surface area (Å²) < 4.78 is 5.51. The monoisotopic (exact) mass is 511 g/mol. The van der Waals surface area contributed by atoms with E-state index >= 15 is 0 Å². The zero-order valence-electron chi connectivity index (χ0n) is 23.3. The maximum Gasteiger partial charge on any atom is 0.119 e. The van der Waals surface area contributed by atoms with Gasteiger partial charge in [-0.2, -0.15) is 0 Å². The molecule has 1 aliphatic heterocycles. The third-order valence-electron chi connectivity index (χ3n) is 9.14. The predicted octanol–water partition coefficient (Wildman–Crippen LogP) is 5.95. The summed E-state index contributed by atoms with van der Waals surface area (Å²) in [7, 11) is 4.12. The zero-order chi connectivity index (χ0) is 26.2. The van der Waals surface area contributed by atoms with E-state index in [9.17, 15) is 0 Å². The number of methoxy groups -OCH3 is 1. The average molecular weight is 512 g/mol. The van der Waals surface area contributed by atoms with Gasteiger partial charge in [-0.3, -0.25) is 0 Å². The van der Waals surface area contributed by atoms with Gasteiger partial charge in [0.05, 0.1) is 7.11 Å². The topological polar surface area (TPSA) is 36.5 Å². The number of nitrogens with zero attached hydrogens (tertiary/aromatic N) is 1. The van der Waals surface area contributed by atoms with E-state index in [1.54, 1.807) is 18.2 Å². The van der Waals surface area contributed by atoms with Gasteiger partial charge in [0.1, 0.15) is 5.75 Å². The molecule has 0 radical (unpaired) electrons. The third-order valence-corrected chi connectivity index (χ3v) is 9.14. The number of hydrogen-bond acceptors (Lipinski definition) is 4. The van der Waals surface area contributed by atoms with E-state index < -0.39 is 0 Å². The number of ether oxygens (including phenoxy) is 1. The van der Waals surface area contributed by atoms with Gasteiger partial charge >= 0.3 is 0 Å². The lowest BCUT2D eigenvalue weighted by atomic mass is 9.52. The van der Waals surface area contributed by atoms with Gasteiger partial charge in [-0.1, -0.05) is 79.6 Å². The molecule has 0 aromatic heterocycles. The Morgan fingerprint density at radius 2 is 1.50 bits per heavy atom. The number of likely N-dealkylation sites (tertiary alicyclic amines) is 1. The Morgan fingerprint density at radius 3 is 2.13 bits per heavy atom. The van der Waals surface area contributed by atoms with Crippen molar-refractivity contribution in [2.24, 2.45) is 5.92 Å². The molecule has 2 aliphatic carbocycles. The largest absolute Gasteiger partial charge is 0.497 e. The van der Waals surface area contributed by atoms with Crippen LogP contribution >= 0.6 is 0 Å². The molecule has 3 aromatic carbocycles. The van der Waals surface area contributed by atoms with Crippen LogP contribution in [0.2, 0.25) is 0 Å². The number of piperidine rings is 1. The minimum atomic E-state index is 0.456. The second kappa shape index (κ2) is 12.9. The molecule has 1 saturated heterocycles. The smallest absolute Gasteiger partial charge is 0.119 e. The summed E-state index contributed by atoms with van der Waals surface area (Å²) in [4.78, 5) is 2.63. The fourth-order valence-electron chi connectivity index (χ4n) is 7.14. The summed E-state index contributed by atoms with van der Waals surface area (Å²) in [5.74, 6) is 1.91. The molecule has 2 bridgehead atoms. The number of nitrogens with one attached hydrogen (secondary N) is 2. The van der Waals surface area contributed by atoms with Gasteiger partial charge in [-0.15, -0.1) is 0 Å². The molecule has 0 amide bonds. The Labute approximate surface area is 229 Å². The molecule has 6 rings (SSSR count). The van der Waals surface area contributed by atoms with Crippen molar-refractivity contribution < 1.29 is 4.74 Å². The summed E-state index contributed by atoms with van der Waals surface area (Å²) in [6, 6.07) is 28.6. The number of likely N-dealkylation sites (N-methyl/N-ethyl adjacent to an activating group) is 1. The molecule has 2 fully saturated rings. The lowest BCUT2D eigenvalue weighted by Gasteiger charge is -2.58. The average Bonchev–Trinajstić information content (AvgIpc) is 2.98. The quantitative estimate of drug-likeness (QED) is 0.367. The van der Waals surface area contributed by atoms with E-state index in [0.29, 0.717) is 5.41 Å². The third kappa shape index (κ3) is 6.14. The van der Waals surface area contributed by atoms with E-state index in [0.717, 1.165) is 43.9 Å². The standard InChI is InChI=1S/C18H25NO.C16H20N2/c1-19-10-9-18-8-4-3-5-15(18)17(19)11-13-6-7-14(20-2)12-16(13)18;1-3-7-15(8-4-1)13-17-11-12-18-14-16-9-5-2-6-10-16/h6-7,12,15,17H,3-5,8-11H2,1-2H3;1-10,17-18H,11-14H2/t15-,17-,18-;/m1./s1. The fourth-order valence-corrected chi connectivity index (χ4v) is 7.14. The van der Waals surface area contributed by atoms with Crippen LogP contribution in [0.3, 0.4) is 0 Å². The first-order chi connectivity index (χ1) is 18.7. The molecule has 1 saturated carbocycles. The van der Waals surface area contributed by atoms with Crippen LogP contribution in [-0.2, 0) is 24.9 Å². The molecule has 3 aliphatic rings. The van der Waals surface area contributed by atoms with Gasteiger partial charge in [0.25, 0.3) is 0 Å². The Bertz CT molecular complexity index is 1090. The van der Waals surface area contributed by atoms with Crippen LogP contribution in [0.4, 0.5) is 0 Å². The van der Waals surface area contributed by atoms with Crippen molar-refractivity contribution >= 4 is 0 Å². The maximum atomic E-state index is 5.51. The van der Waals surface area contributed by atoms with E-state index in [2.05, 4.69) is 89.3 Å². The molecule has 3 atom stereocenters. The number of rotatable bonds is 8. The van der Waals surface area contributed by atoms with E-state index in [1.165, 1.54) is 56.2 Å². The van der Waals surface area contributed by atoms with E-state index in [4.69, 9.17) is 4.74 Å². The van der Waals surface area contributed by atoms with Crippen molar-refractivity contribution in [3.05, 3.63) is 101 Å². The lowest BCUT2D eigenvalue weighted by Crippen LogP contribution is -2.59.